The minimum absolute atomic E-state index is 0. The fourth-order valence-corrected chi connectivity index (χ4v) is 1.51. The summed E-state index contributed by atoms with van der Waals surface area (Å²) in [5.74, 6) is 0. The fourth-order valence-electron chi connectivity index (χ4n) is 1.33. The molecule has 2 aromatic rings. The van der Waals surface area contributed by atoms with Gasteiger partial charge in [-0.15, -0.1) is 24.8 Å². The Hall–Kier alpha value is -0.620. The van der Waals surface area contributed by atoms with Gasteiger partial charge in [0.1, 0.15) is 5.69 Å². The van der Waals surface area contributed by atoms with E-state index in [1.807, 2.05) is 6.07 Å². The number of hydrogen-bond acceptors (Lipinski definition) is 5. The standard InChI is InChI=1S/C9H11N3OS.2ClH/c10-4-8(14)9-6-3-5(11)1-2-7(6)13-12-9;;/h1-3,8,14H,4,10-11H2;2*1H. The highest BCUT2D eigenvalue weighted by Gasteiger charge is 2.14. The van der Waals surface area contributed by atoms with Crippen LogP contribution in [0, 0.1) is 0 Å². The van der Waals surface area contributed by atoms with Crippen LogP contribution in [0.3, 0.4) is 0 Å². The Kier molecular flexibility index (Phi) is 5.96. The van der Waals surface area contributed by atoms with E-state index >= 15 is 0 Å². The van der Waals surface area contributed by atoms with E-state index in [0.29, 0.717) is 17.8 Å². The minimum Gasteiger partial charge on any atom is -0.399 e. The first-order chi connectivity index (χ1) is 6.72. The fraction of sp³-hybridized carbons (Fsp3) is 0.222. The Morgan fingerprint density at radius 1 is 1.38 bits per heavy atom. The highest BCUT2D eigenvalue weighted by Crippen LogP contribution is 2.27. The molecular formula is C9H13Cl2N3OS. The van der Waals surface area contributed by atoms with Gasteiger partial charge in [-0.1, -0.05) is 5.16 Å². The van der Waals surface area contributed by atoms with Crippen LogP contribution < -0.4 is 11.5 Å². The highest BCUT2D eigenvalue weighted by molar-refractivity contribution is 7.80. The molecule has 1 heterocycles. The number of halogens is 2. The third-order valence-corrected chi connectivity index (χ3v) is 2.52. The summed E-state index contributed by atoms with van der Waals surface area (Å²) in [4.78, 5) is 0. The Labute approximate surface area is 111 Å². The molecule has 0 amide bonds. The summed E-state index contributed by atoms with van der Waals surface area (Å²) >= 11 is 4.31. The second kappa shape index (κ2) is 6.20. The predicted octanol–water partition coefficient (Wildman–Crippen LogP) is 2.18. The molecule has 1 atom stereocenters. The van der Waals surface area contributed by atoms with Crippen LogP contribution in [0.5, 0.6) is 0 Å². The smallest absolute Gasteiger partial charge is 0.167 e. The van der Waals surface area contributed by atoms with Crippen LogP contribution in [0.2, 0.25) is 0 Å². The van der Waals surface area contributed by atoms with Gasteiger partial charge in [0.15, 0.2) is 5.58 Å². The Balaban J connectivity index is 0.00000112. The molecule has 1 aromatic heterocycles. The van der Waals surface area contributed by atoms with E-state index in [0.717, 1.165) is 11.1 Å². The maximum atomic E-state index is 5.67. The third-order valence-electron chi connectivity index (χ3n) is 2.06. The topological polar surface area (TPSA) is 78.1 Å². The summed E-state index contributed by atoms with van der Waals surface area (Å²) in [5.41, 5.74) is 13.3. The van der Waals surface area contributed by atoms with Gasteiger partial charge in [0.05, 0.1) is 5.25 Å². The van der Waals surface area contributed by atoms with Crippen LogP contribution in [-0.4, -0.2) is 11.7 Å². The molecule has 0 radical (unpaired) electrons. The number of nitrogens with two attached hydrogens (primary N) is 2. The quantitative estimate of drug-likeness (QED) is 0.583. The molecule has 0 saturated carbocycles. The number of benzene rings is 1. The van der Waals surface area contributed by atoms with Crippen molar-refractivity contribution in [1.29, 1.82) is 0 Å². The van der Waals surface area contributed by atoms with E-state index in [2.05, 4.69) is 17.8 Å². The van der Waals surface area contributed by atoms with Crippen LogP contribution in [0.4, 0.5) is 5.69 Å². The molecule has 4 N–H and O–H groups in total. The van der Waals surface area contributed by atoms with Crippen molar-refractivity contribution in [3.05, 3.63) is 23.9 Å². The van der Waals surface area contributed by atoms with Crippen molar-refractivity contribution in [1.82, 2.24) is 5.16 Å². The van der Waals surface area contributed by atoms with Crippen LogP contribution in [0.1, 0.15) is 10.9 Å². The van der Waals surface area contributed by atoms with Gasteiger partial charge in [-0.25, -0.2) is 0 Å². The summed E-state index contributed by atoms with van der Waals surface area (Å²) in [6.07, 6.45) is 0. The summed E-state index contributed by atoms with van der Waals surface area (Å²) in [5, 5.41) is 4.69. The molecule has 7 heteroatoms. The maximum absolute atomic E-state index is 5.67. The minimum atomic E-state index is -0.113. The second-order valence-electron chi connectivity index (χ2n) is 3.07. The molecule has 2 rings (SSSR count). The molecule has 4 nitrogen and oxygen atoms in total. The zero-order chi connectivity index (χ0) is 10.1. The van der Waals surface area contributed by atoms with Gasteiger partial charge in [0, 0.05) is 17.6 Å². The average molecular weight is 282 g/mol. The van der Waals surface area contributed by atoms with Crippen molar-refractivity contribution < 1.29 is 4.52 Å². The lowest BCUT2D eigenvalue weighted by atomic mass is 10.1. The van der Waals surface area contributed by atoms with Gasteiger partial charge < -0.3 is 16.0 Å². The first kappa shape index (κ1) is 15.4. The van der Waals surface area contributed by atoms with Crippen LogP contribution in [0.15, 0.2) is 22.7 Å². The molecule has 0 fully saturated rings. The number of fused-ring (bicyclic) bond motifs is 1. The van der Waals surface area contributed by atoms with Gasteiger partial charge in [-0.3, -0.25) is 0 Å². The van der Waals surface area contributed by atoms with Gasteiger partial charge in [0.2, 0.25) is 0 Å². The van der Waals surface area contributed by atoms with E-state index in [9.17, 15) is 0 Å². The van der Waals surface area contributed by atoms with Gasteiger partial charge in [0.25, 0.3) is 0 Å². The lowest BCUT2D eigenvalue weighted by molar-refractivity contribution is 0.446. The van der Waals surface area contributed by atoms with Gasteiger partial charge in [-0.05, 0) is 18.2 Å². The third kappa shape index (κ3) is 2.74. The molecule has 0 aliphatic heterocycles. The summed E-state index contributed by atoms with van der Waals surface area (Å²) in [7, 11) is 0. The highest BCUT2D eigenvalue weighted by atomic mass is 35.5. The summed E-state index contributed by atoms with van der Waals surface area (Å²) < 4.78 is 5.12. The monoisotopic (exact) mass is 281 g/mol. The first-order valence-corrected chi connectivity index (χ1v) is 4.77. The number of nitrogen functional groups attached to an aromatic ring is 1. The number of nitrogens with zero attached hydrogens (tertiary/aromatic N) is 1. The number of rotatable bonds is 2. The molecule has 16 heavy (non-hydrogen) atoms. The zero-order valence-corrected chi connectivity index (χ0v) is 10.8. The molecule has 90 valence electrons. The van der Waals surface area contributed by atoms with E-state index in [1.54, 1.807) is 12.1 Å². The zero-order valence-electron chi connectivity index (χ0n) is 8.29. The second-order valence-corrected chi connectivity index (χ2v) is 3.70. The van der Waals surface area contributed by atoms with Gasteiger partial charge in [-0.2, -0.15) is 12.6 Å². The number of thiol groups is 1. The number of hydrogen-bond donors (Lipinski definition) is 3. The molecular weight excluding hydrogens is 269 g/mol. The van der Waals surface area contributed by atoms with E-state index in [4.69, 9.17) is 16.0 Å². The predicted molar refractivity (Wildman–Crippen MR) is 73.7 cm³/mol. The molecule has 0 saturated heterocycles. The van der Waals surface area contributed by atoms with E-state index in [-0.39, 0.29) is 30.1 Å². The van der Waals surface area contributed by atoms with Crippen molar-refractivity contribution >= 4 is 54.1 Å². The van der Waals surface area contributed by atoms with Crippen LogP contribution in [0.25, 0.3) is 11.0 Å². The van der Waals surface area contributed by atoms with Gasteiger partial charge >= 0.3 is 0 Å². The van der Waals surface area contributed by atoms with Crippen molar-refractivity contribution in [3.63, 3.8) is 0 Å². The van der Waals surface area contributed by atoms with Crippen molar-refractivity contribution in [2.45, 2.75) is 5.25 Å². The summed E-state index contributed by atoms with van der Waals surface area (Å²) in [6.45, 7) is 0.416. The average Bonchev–Trinajstić information content (AvgIpc) is 2.59. The molecule has 1 aromatic carbocycles. The van der Waals surface area contributed by atoms with Crippen molar-refractivity contribution in [2.24, 2.45) is 5.73 Å². The van der Waals surface area contributed by atoms with Crippen molar-refractivity contribution in [2.75, 3.05) is 12.3 Å². The summed E-state index contributed by atoms with van der Waals surface area (Å²) in [6, 6.07) is 5.38. The lowest BCUT2D eigenvalue weighted by Gasteiger charge is -2.02. The normalized spacial score (nSPS) is 11.6. The largest absolute Gasteiger partial charge is 0.399 e. The molecule has 0 aliphatic rings. The number of anilines is 1. The molecule has 1 unspecified atom stereocenters. The van der Waals surface area contributed by atoms with Crippen LogP contribution >= 0.6 is 37.4 Å². The SMILES string of the molecule is Cl.Cl.NCC(S)c1noc2ccc(N)cc12. The first-order valence-electron chi connectivity index (χ1n) is 4.25. The molecule has 0 bridgehead atoms. The molecule has 0 spiro atoms. The Morgan fingerprint density at radius 2 is 2.06 bits per heavy atom. The maximum Gasteiger partial charge on any atom is 0.167 e. The number of aromatic nitrogens is 1. The Bertz CT molecular complexity index is 463. The van der Waals surface area contributed by atoms with Crippen molar-refractivity contribution in [3.8, 4) is 0 Å². The van der Waals surface area contributed by atoms with E-state index < -0.39 is 0 Å². The van der Waals surface area contributed by atoms with Crippen LogP contribution in [-0.2, 0) is 0 Å². The van der Waals surface area contributed by atoms with E-state index in [1.165, 1.54) is 0 Å². The Morgan fingerprint density at radius 3 is 2.69 bits per heavy atom. The molecule has 0 aliphatic carbocycles. The lowest BCUT2D eigenvalue weighted by Crippen LogP contribution is -2.07.